The third-order valence-electron chi connectivity index (χ3n) is 5.83. The summed E-state index contributed by atoms with van der Waals surface area (Å²) < 4.78 is 5.01. The number of carbonyl (C=O) groups is 1. The zero-order valence-corrected chi connectivity index (χ0v) is 18.4. The Balaban J connectivity index is 2.02. The number of hydrogen-bond acceptors (Lipinski definition) is 5. The predicted octanol–water partition coefficient (Wildman–Crippen LogP) is 4.97. The number of halogens is 1. The van der Waals surface area contributed by atoms with Crippen LogP contribution in [0.5, 0.6) is 0 Å². The van der Waals surface area contributed by atoms with Gasteiger partial charge >= 0.3 is 5.97 Å². The number of aliphatic carboxylic acids is 1. The van der Waals surface area contributed by atoms with Crippen LogP contribution < -0.4 is 0 Å². The molecule has 1 aromatic carbocycles. The molecule has 5 nitrogen and oxygen atoms in total. The fourth-order valence-corrected chi connectivity index (χ4v) is 6.86. The van der Waals surface area contributed by atoms with Gasteiger partial charge in [0.25, 0.3) is 0 Å². The fourth-order valence-electron chi connectivity index (χ4n) is 4.43. The van der Waals surface area contributed by atoms with Crippen molar-refractivity contribution in [2.24, 2.45) is 5.92 Å². The molecule has 0 spiro atoms. The van der Waals surface area contributed by atoms with Crippen molar-refractivity contribution < 1.29 is 14.4 Å². The molecule has 2 aliphatic rings. The van der Waals surface area contributed by atoms with Crippen molar-refractivity contribution in [1.82, 2.24) is 10.1 Å². The Morgan fingerprint density at radius 3 is 2.61 bits per heavy atom. The highest BCUT2D eigenvalue weighted by Gasteiger charge is 2.72. The Labute approximate surface area is 178 Å². The van der Waals surface area contributed by atoms with Crippen molar-refractivity contribution in [3.8, 4) is 11.3 Å². The van der Waals surface area contributed by atoms with Gasteiger partial charge < -0.3 is 14.5 Å². The van der Waals surface area contributed by atoms with Gasteiger partial charge in [0.05, 0.1) is 20.7 Å². The summed E-state index contributed by atoms with van der Waals surface area (Å²) >= 11 is 13.3. The van der Waals surface area contributed by atoms with E-state index in [4.69, 9.17) is 28.3 Å². The van der Waals surface area contributed by atoms with Gasteiger partial charge in [0.2, 0.25) is 0 Å². The van der Waals surface area contributed by atoms with Gasteiger partial charge in [-0.25, -0.2) is 4.79 Å². The molecule has 0 radical (unpaired) electrons. The zero-order valence-electron chi connectivity index (χ0n) is 16.0. The van der Waals surface area contributed by atoms with E-state index in [1.54, 1.807) is 23.9 Å². The van der Waals surface area contributed by atoms with Crippen molar-refractivity contribution in [2.75, 3.05) is 0 Å². The first-order chi connectivity index (χ1) is 13.2. The van der Waals surface area contributed by atoms with Crippen LogP contribution in [-0.2, 0) is 16.8 Å². The number of carboxylic acids is 1. The highest BCUT2D eigenvalue weighted by atomic mass is 35.5. The molecule has 28 heavy (non-hydrogen) atoms. The Hall–Kier alpha value is -1.57. The molecule has 0 aliphatic carbocycles. The van der Waals surface area contributed by atoms with E-state index in [2.05, 4.69) is 12.1 Å². The van der Waals surface area contributed by atoms with Crippen molar-refractivity contribution in [1.29, 1.82) is 0 Å². The van der Waals surface area contributed by atoms with Crippen LogP contribution in [0, 0.1) is 5.92 Å². The van der Waals surface area contributed by atoms with Gasteiger partial charge in [-0.1, -0.05) is 55.0 Å². The molecule has 0 bridgehead atoms. The number of benzene rings is 1. The molecule has 3 heterocycles. The molecule has 0 unspecified atom stereocenters. The molecule has 4 rings (SSSR count). The number of fused-ring (bicyclic) bond motifs is 1. The van der Waals surface area contributed by atoms with Gasteiger partial charge in [0.1, 0.15) is 11.5 Å². The van der Waals surface area contributed by atoms with E-state index in [1.807, 2.05) is 37.8 Å². The molecule has 2 fully saturated rings. The number of hydrogen-bond donors (Lipinski definition) is 1. The van der Waals surface area contributed by atoms with E-state index in [0.717, 1.165) is 5.56 Å². The highest BCUT2D eigenvalue weighted by molar-refractivity contribution is 8.01. The molecule has 8 heteroatoms. The number of nitrogens with zero attached hydrogens (tertiary/aromatic N) is 2. The summed E-state index contributed by atoms with van der Waals surface area (Å²) in [5.41, 5.74) is 0.547. The largest absolute Gasteiger partial charge is 0.479 e. The van der Waals surface area contributed by atoms with Crippen LogP contribution in [-0.4, -0.2) is 36.2 Å². The Bertz CT molecular complexity index is 972. The third-order valence-corrected chi connectivity index (χ3v) is 8.40. The first-order valence-corrected chi connectivity index (χ1v) is 10.8. The summed E-state index contributed by atoms with van der Waals surface area (Å²) in [7, 11) is 0. The summed E-state index contributed by atoms with van der Waals surface area (Å²) in [5, 5.41) is 15.5. The van der Waals surface area contributed by atoms with Crippen LogP contribution >= 0.6 is 35.6 Å². The van der Waals surface area contributed by atoms with Gasteiger partial charge in [-0.3, -0.25) is 0 Å². The normalized spacial score (nSPS) is 28.2. The summed E-state index contributed by atoms with van der Waals surface area (Å²) in [6, 6.07) is 7.20. The van der Waals surface area contributed by atoms with E-state index in [0.29, 0.717) is 33.4 Å². The molecule has 1 N–H and O–H groups in total. The monoisotopic (exact) mass is 436 g/mol. The summed E-state index contributed by atoms with van der Waals surface area (Å²) in [5.74, 6) is -0.205. The fraction of sp³-hybridized carbons (Fsp3) is 0.450. The van der Waals surface area contributed by atoms with E-state index in [1.165, 1.54) is 0 Å². The minimum atomic E-state index is -1.35. The van der Waals surface area contributed by atoms with Gasteiger partial charge in [0.15, 0.2) is 5.54 Å². The number of rotatable bonds is 4. The molecule has 0 amide bonds. The number of aryl methyl sites for hydroxylation is 1. The maximum Gasteiger partial charge on any atom is 0.336 e. The molecule has 2 aromatic rings. The second kappa shape index (κ2) is 6.47. The van der Waals surface area contributed by atoms with E-state index in [9.17, 15) is 9.90 Å². The molecule has 2 saturated heterocycles. The van der Waals surface area contributed by atoms with E-state index >= 15 is 0 Å². The number of carboxylic acid groups (broad SMARTS) is 1. The van der Waals surface area contributed by atoms with E-state index in [-0.39, 0.29) is 11.3 Å². The average Bonchev–Trinajstić information content (AvgIpc) is 3.17. The Kier molecular flexibility index (Phi) is 4.56. The van der Waals surface area contributed by atoms with Crippen molar-refractivity contribution >= 4 is 46.5 Å². The molecule has 3 atom stereocenters. The summed E-state index contributed by atoms with van der Waals surface area (Å²) in [4.78, 5) is 15.6. The quantitative estimate of drug-likeness (QED) is 0.678. The number of aromatic nitrogens is 1. The van der Waals surface area contributed by atoms with Gasteiger partial charge in [0, 0.05) is 22.9 Å². The highest BCUT2D eigenvalue weighted by Crippen LogP contribution is 2.64. The lowest BCUT2D eigenvalue weighted by atomic mass is 9.73. The summed E-state index contributed by atoms with van der Waals surface area (Å²) in [6.45, 7) is 7.93. The molecular weight excluding hydrogens is 416 g/mol. The van der Waals surface area contributed by atoms with Crippen LogP contribution in [0.25, 0.3) is 11.3 Å². The first-order valence-electron chi connectivity index (χ1n) is 9.16. The van der Waals surface area contributed by atoms with Crippen molar-refractivity contribution in [3.05, 3.63) is 40.6 Å². The van der Waals surface area contributed by atoms with Crippen LogP contribution in [0.15, 0.2) is 28.8 Å². The van der Waals surface area contributed by atoms with Crippen LogP contribution in [0.2, 0.25) is 5.02 Å². The third kappa shape index (κ3) is 2.36. The summed E-state index contributed by atoms with van der Waals surface area (Å²) in [6.07, 6.45) is 0.534. The molecule has 0 saturated carbocycles. The van der Waals surface area contributed by atoms with Crippen LogP contribution in [0.1, 0.15) is 39.0 Å². The Morgan fingerprint density at radius 1 is 1.39 bits per heavy atom. The van der Waals surface area contributed by atoms with Crippen LogP contribution in [0.3, 0.4) is 0 Å². The lowest BCUT2D eigenvalue weighted by Gasteiger charge is -2.51. The van der Waals surface area contributed by atoms with Gasteiger partial charge in [-0.15, -0.1) is 11.8 Å². The lowest BCUT2D eigenvalue weighted by molar-refractivity contribution is -0.152. The van der Waals surface area contributed by atoms with Gasteiger partial charge in [-0.2, -0.15) is 0 Å². The standard InChI is InChI=1S/C20H21ClN2O3S2/c1-5-13-14(15(22-26-13)11-6-8-12(21)9-7-11)20(18(24)25)19(3,4)28-17-10(2)16(27)23(17)20/h6-10,17H,5H2,1-4H3,(H,24,25)/t10-,17-,20+/m1/s1. The molecular formula is C20H21ClN2O3S2. The molecule has 2 aliphatic heterocycles. The Morgan fingerprint density at radius 2 is 2.04 bits per heavy atom. The lowest BCUT2D eigenvalue weighted by Crippen LogP contribution is -2.67. The minimum absolute atomic E-state index is 0.0243. The average molecular weight is 437 g/mol. The second-order valence-electron chi connectivity index (χ2n) is 7.72. The van der Waals surface area contributed by atoms with Gasteiger partial charge in [-0.05, 0) is 26.0 Å². The van der Waals surface area contributed by atoms with E-state index < -0.39 is 16.3 Å². The smallest absolute Gasteiger partial charge is 0.336 e. The maximum absolute atomic E-state index is 13.0. The molecule has 148 valence electrons. The first kappa shape index (κ1) is 19.7. The minimum Gasteiger partial charge on any atom is -0.479 e. The topological polar surface area (TPSA) is 66.6 Å². The number of thioether (sulfide) groups is 1. The van der Waals surface area contributed by atoms with Crippen LogP contribution in [0.4, 0.5) is 0 Å². The SMILES string of the molecule is CCc1onc(-c2ccc(Cl)cc2)c1[C@@]1(C(=O)O)N2C(=S)[C@@H](C)[C@H]2SC1(C)C. The maximum atomic E-state index is 13.0. The van der Waals surface area contributed by atoms with Crippen molar-refractivity contribution in [2.45, 2.75) is 49.8 Å². The van der Waals surface area contributed by atoms with Crippen molar-refractivity contribution in [3.63, 3.8) is 0 Å². The zero-order chi connectivity index (χ0) is 20.4. The number of thiocarbonyl (C=S) groups is 1. The molecule has 1 aromatic heterocycles. The predicted molar refractivity (Wildman–Crippen MR) is 115 cm³/mol. The second-order valence-corrected chi connectivity index (χ2v) is 10.3.